The van der Waals surface area contributed by atoms with Gasteiger partial charge in [0.2, 0.25) is 0 Å². The first-order valence-electron chi connectivity index (χ1n) is 9.55. The number of benzene rings is 2. The van der Waals surface area contributed by atoms with Crippen LogP contribution in [0.2, 0.25) is 0 Å². The van der Waals surface area contributed by atoms with Crippen molar-refractivity contribution in [3.63, 3.8) is 0 Å². The van der Waals surface area contributed by atoms with Crippen molar-refractivity contribution in [1.29, 1.82) is 0 Å². The molecule has 0 amide bonds. The van der Waals surface area contributed by atoms with Crippen LogP contribution in [0.15, 0.2) is 52.7 Å². The van der Waals surface area contributed by atoms with Gasteiger partial charge in [-0.15, -0.1) is 0 Å². The highest BCUT2D eigenvalue weighted by molar-refractivity contribution is 7.80. The molecule has 0 aliphatic rings. The fraction of sp³-hybridized carbons (Fsp3) is 0.350. The third kappa shape index (κ3) is 5.60. The van der Waals surface area contributed by atoms with E-state index in [1.807, 2.05) is 55.8 Å². The first-order chi connectivity index (χ1) is 14.3. The molecular weight excluding hydrogens is 424 g/mol. The lowest BCUT2D eigenvalue weighted by molar-refractivity contribution is -0.627. The summed E-state index contributed by atoms with van der Waals surface area (Å²) >= 11 is 1.60. The molecule has 3 aromatic rings. The molecule has 1 N–H and O–H groups in total. The van der Waals surface area contributed by atoms with Crippen LogP contribution in [0, 0.1) is 6.92 Å². The van der Waals surface area contributed by atoms with Crippen molar-refractivity contribution in [1.82, 2.24) is 0 Å². The van der Waals surface area contributed by atoms with E-state index in [9.17, 15) is 8.42 Å². The van der Waals surface area contributed by atoms with Crippen molar-refractivity contribution >= 4 is 48.5 Å². The van der Waals surface area contributed by atoms with Crippen LogP contribution in [0.1, 0.15) is 18.9 Å². The third-order valence-corrected chi connectivity index (χ3v) is 6.26. The lowest BCUT2D eigenvalue weighted by Crippen LogP contribution is -2.25. The summed E-state index contributed by atoms with van der Waals surface area (Å²) in [4.78, 5) is 2.10. The minimum atomic E-state index is -4.39. The Hall–Kier alpha value is -2.40. The Morgan fingerprint density at radius 2 is 1.97 bits per heavy atom. The summed E-state index contributed by atoms with van der Waals surface area (Å²) in [6.45, 7) is 5.30. The summed E-state index contributed by atoms with van der Waals surface area (Å²) in [5.74, 6) is 0. The minimum absolute atomic E-state index is 0.0627. The number of anilines is 1. The maximum atomic E-state index is 10.6. The van der Waals surface area contributed by atoms with Gasteiger partial charge in [-0.2, -0.15) is 8.42 Å². The van der Waals surface area contributed by atoms with Crippen molar-refractivity contribution in [3.05, 3.63) is 48.0 Å². The van der Waals surface area contributed by atoms with E-state index < -0.39 is 10.4 Å². The molecule has 0 spiro atoms. The number of hydrogen-bond acceptors (Lipinski definition) is 7. The van der Waals surface area contributed by atoms with E-state index in [0.29, 0.717) is 13.0 Å². The molecule has 2 aromatic carbocycles. The predicted molar refractivity (Wildman–Crippen MR) is 118 cm³/mol. The van der Waals surface area contributed by atoms with Crippen LogP contribution < -0.4 is 9.47 Å². The molecule has 160 valence electrons. The SMILES string of the molecule is CCN(CCCOS(=O)(=O)O)c1ccc(N=Nc2sc3ccccc3[n+]2C)c(C)c1. The molecule has 8 nitrogen and oxygen atoms in total. The maximum Gasteiger partial charge on any atom is 0.409 e. The number of thiazole rings is 1. The van der Waals surface area contributed by atoms with Crippen LogP contribution >= 0.6 is 11.3 Å². The fourth-order valence-electron chi connectivity index (χ4n) is 3.11. The topological polar surface area (TPSA) is 95.4 Å². The zero-order chi connectivity index (χ0) is 21.7. The Morgan fingerprint density at radius 1 is 1.20 bits per heavy atom. The molecule has 30 heavy (non-hydrogen) atoms. The Labute approximate surface area is 180 Å². The summed E-state index contributed by atoms with van der Waals surface area (Å²) < 4.78 is 37.5. The molecule has 1 heterocycles. The van der Waals surface area contributed by atoms with Gasteiger partial charge in [-0.05, 0) is 72.6 Å². The first kappa shape index (κ1) is 22.3. The molecular formula is C20H25N4O4S2+. The van der Waals surface area contributed by atoms with Crippen molar-refractivity contribution < 1.29 is 21.7 Å². The van der Waals surface area contributed by atoms with Crippen LogP contribution in [-0.4, -0.2) is 32.7 Å². The van der Waals surface area contributed by atoms with E-state index in [4.69, 9.17) is 4.55 Å². The summed E-state index contributed by atoms with van der Waals surface area (Å²) in [5, 5.41) is 9.72. The standard InChI is InChI=1S/C20H24N4O4S2/c1-4-24(12-7-13-28-30(25,26)27)16-10-11-17(15(2)14-16)21-22-20-23(3)18-8-5-6-9-19(18)29-20/h5-6,8-11,14H,4,7,12-13H2,1-3H3/p+1. The van der Waals surface area contributed by atoms with E-state index in [1.165, 1.54) is 0 Å². The van der Waals surface area contributed by atoms with Gasteiger partial charge in [-0.3, -0.25) is 4.55 Å². The molecule has 3 rings (SSSR count). The lowest BCUT2D eigenvalue weighted by atomic mass is 10.1. The highest BCUT2D eigenvalue weighted by Gasteiger charge is 2.16. The van der Waals surface area contributed by atoms with Gasteiger partial charge in [0.05, 0.1) is 23.5 Å². The zero-order valence-electron chi connectivity index (χ0n) is 17.1. The highest BCUT2D eigenvalue weighted by atomic mass is 32.3. The molecule has 0 radical (unpaired) electrons. The summed E-state index contributed by atoms with van der Waals surface area (Å²) in [5.41, 5.74) is 3.92. The van der Waals surface area contributed by atoms with E-state index >= 15 is 0 Å². The molecule has 0 aliphatic heterocycles. The van der Waals surface area contributed by atoms with Gasteiger partial charge in [0.1, 0.15) is 11.2 Å². The second kappa shape index (κ2) is 9.61. The van der Waals surface area contributed by atoms with Crippen LogP contribution in [-0.2, 0) is 21.6 Å². The predicted octanol–water partition coefficient (Wildman–Crippen LogP) is 4.49. The minimum Gasteiger partial charge on any atom is -0.372 e. The van der Waals surface area contributed by atoms with Crippen LogP contribution in [0.25, 0.3) is 10.2 Å². The average Bonchev–Trinajstić information content (AvgIpc) is 3.02. The van der Waals surface area contributed by atoms with E-state index in [0.717, 1.165) is 38.8 Å². The number of aryl methyl sites for hydroxylation is 2. The Balaban J connectivity index is 1.70. The van der Waals surface area contributed by atoms with Gasteiger partial charge in [0, 0.05) is 18.8 Å². The van der Waals surface area contributed by atoms with Crippen molar-refractivity contribution in [2.24, 2.45) is 17.3 Å². The first-order valence-corrected chi connectivity index (χ1v) is 11.7. The molecule has 0 saturated carbocycles. The molecule has 1 aromatic heterocycles. The number of para-hydroxylation sites is 1. The van der Waals surface area contributed by atoms with Gasteiger partial charge < -0.3 is 4.90 Å². The normalized spacial score (nSPS) is 12.1. The maximum absolute atomic E-state index is 10.6. The van der Waals surface area contributed by atoms with Crippen molar-refractivity contribution in [2.75, 3.05) is 24.6 Å². The number of azo groups is 1. The Morgan fingerprint density at radius 3 is 2.63 bits per heavy atom. The molecule has 0 saturated heterocycles. The lowest BCUT2D eigenvalue weighted by Gasteiger charge is -2.23. The van der Waals surface area contributed by atoms with Gasteiger partial charge in [0.25, 0.3) is 0 Å². The summed E-state index contributed by atoms with van der Waals surface area (Å²) in [6, 6.07) is 14.1. The molecule has 0 aliphatic carbocycles. The van der Waals surface area contributed by atoms with Crippen molar-refractivity contribution in [2.45, 2.75) is 20.3 Å². The zero-order valence-corrected chi connectivity index (χ0v) is 18.8. The smallest absolute Gasteiger partial charge is 0.372 e. The number of nitrogens with zero attached hydrogens (tertiary/aromatic N) is 4. The fourth-order valence-corrected chi connectivity index (χ4v) is 4.41. The van der Waals surface area contributed by atoms with Crippen LogP contribution in [0.4, 0.5) is 16.5 Å². The second-order valence-electron chi connectivity index (χ2n) is 6.77. The van der Waals surface area contributed by atoms with Gasteiger partial charge >= 0.3 is 15.5 Å². The average molecular weight is 450 g/mol. The van der Waals surface area contributed by atoms with Crippen LogP contribution in [0.5, 0.6) is 0 Å². The van der Waals surface area contributed by atoms with Gasteiger partial charge in [0.15, 0.2) is 0 Å². The molecule has 0 bridgehead atoms. The second-order valence-corrected chi connectivity index (χ2v) is 8.87. The van der Waals surface area contributed by atoms with Crippen LogP contribution in [0.3, 0.4) is 0 Å². The highest BCUT2D eigenvalue weighted by Crippen LogP contribution is 2.29. The number of rotatable bonds is 9. The third-order valence-electron chi connectivity index (χ3n) is 4.69. The Kier molecular flexibility index (Phi) is 7.14. The molecule has 0 atom stereocenters. The van der Waals surface area contributed by atoms with Gasteiger partial charge in [-0.25, -0.2) is 8.75 Å². The largest absolute Gasteiger partial charge is 0.409 e. The monoisotopic (exact) mass is 449 g/mol. The van der Waals surface area contributed by atoms with Gasteiger partial charge in [-0.1, -0.05) is 12.1 Å². The van der Waals surface area contributed by atoms with E-state index in [-0.39, 0.29) is 6.61 Å². The quantitative estimate of drug-likeness (QED) is 0.225. The van der Waals surface area contributed by atoms with E-state index in [2.05, 4.69) is 31.4 Å². The summed E-state index contributed by atoms with van der Waals surface area (Å²) in [7, 11) is -2.41. The molecule has 0 unspecified atom stereocenters. The number of fused-ring (bicyclic) bond motifs is 1. The summed E-state index contributed by atoms with van der Waals surface area (Å²) in [6.07, 6.45) is 0.469. The number of hydrogen-bond donors (Lipinski definition) is 1. The number of aromatic nitrogens is 1. The van der Waals surface area contributed by atoms with Crippen molar-refractivity contribution in [3.8, 4) is 0 Å². The van der Waals surface area contributed by atoms with E-state index in [1.54, 1.807) is 11.3 Å². The molecule has 10 heteroatoms. The Bertz CT molecular complexity index is 1160. The molecule has 0 fully saturated rings.